The highest BCUT2D eigenvalue weighted by molar-refractivity contribution is 7.99. The molecule has 2 N–H and O–H groups in total. The largest absolute Gasteiger partial charge is 0.378 e. The van der Waals surface area contributed by atoms with E-state index in [1.165, 1.54) is 18.7 Å². The standard InChI is InChI=1S/C26H24ClN5O2S/c1-17-6-12-23(13-7-17)32-24(15-28-22-5-3-4-20(27)14-22)30-31-26(32)35-16-25(34)29-21-10-8-19(9-11-21)18(2)33/h3-14,28H,15-16H2,1-2H3,(H,29,34). The number of hydrogen-bond donors (Lipinski definition) is 2. The van der Waals surface area contributed by atoms with Crippen LogP contribution in [0.1, 0.15) is 28.7 Å². The normalized spacial score (nSPS) is 10.7. The van der Waals surface area contributed by atoms with Gasteiger partial charge in [0, 0.05) is 27.6 Å². The topological polar surface area (TPSA) is 88.9 Å². The number of nitrogens with one attached hydrogen (secondary N) is 2. The molecule has 0 saturated carbocycles. The molecule has 1 heterocycles. The highest BCUT2D eigenvalue weighted by Crippen LogP contribution is 2.24. The molecule has 0 aliphatic heterocycles. The number of aromatic nitrogens is 3. The second-order valence-corrected chi connectivity index (χ2v) is 9.28. The van der Waals surface area contributed by atoms with E-state index in [9.17, 15) is 9.59 Å². The highest BCUT2D eigenvalue weighted by Gasteiger charge is 2.16. The van der Waals surface area contributed by atoms with E-state index in [1.54, 1.807) is 24.3 Å². The summed E-state index contributed by atoms with van der Waals surface area (Å²) in [6.45, 7) is 3.96. The number of carbonyl (C=O) groups is 2. The van der Waals surface area contributed by atoms with Gasteiger partial charge in [-0.3, -0.25) is 14.2 Å². The van der Waals surface area contributed by atoms with Gasteiger partial charge in [-0.05, 0) is 68.4 Å². The molecule has 1 aromatic heterocycles. The van der Waals surface area contributed by atoms with Crippen molar-refractivity contribution in [3.05, 3.63) is 94.8 Å². The van der Waals surface area contributed by atoms with Gasteiger partial charge in [0.2, 0.25) is 5.91 Å². The lowest BCUT2D eigenvalue weighted by Crippen LogP contribution is -2.15. The van der Waals surface area contributed by atoms with E-state index >= 15 is 0 Å². The molecule has 0 spiro atoms. The molecule has 178 valence electrons. The number of aryl methyl sites for hydroxylation is 1. The third-order valence-electron chi connectivity index (χ3n) is 5.18. The van der Waals surface area contributed by atoms with Gasteiger partial charge in [-0.15, -0.1) is 10.2 Å². The number of nitrogens with zero attached hydrogens (tertiary/aromatic N) is 3. The van der Waals surface area contributed by atoms with E-state index in [0.29, 0.717) is 33.8 Å². The lowest BCUT2D eigenvalue weighted by Gasteiger charge is -2.12. The van der Waals surface area contributed by atoms with Crippen molar-refractivity contribution in [2.75, 3.05) is 16.4 Å². The van der Waals surface area contributed by atoms with Gasteiger partial charge in [-0.1, -0.05) is 47.1 Å². The zero-order valence-electron chi connectivity index (χ0n) is 19.3. The van der Waals surface area contributed by atoms with Crippen molar-refractivity contribution in [3.8, 4) is 5.69 Å². The molecule has 3 aromatic carbocycles. The number of amides is 1. The Kier molecular flexibility index (Phi) is 7.84. The molecule has 0 radical (unpaired) electrons. The van der Waals surface area contributed by atoms with Crippen LogP contribution in [0, 0.1) is 6.92 Å². The molecular weight excluding hydrogens is 482 g/mol. The van der Waals surface area contributed by atoms with Crippen molar-refractivity contribution in [1.29, 1.82) is 0 Å². The predicted molar refractivity (Wildman–Crippen MR) is 141 cm³/mol. The first-order valence-corrected chi connectivity index (χ1v) is 12.3. The van der Waals surface area contributed by atoms with Crippen LogP contribution in [0.2, 0.25) is 5.02 Å². The first kappa shape index (κ1) is 24.5. The molecular formula is C26H24ClN5O2S. The first-order valence-electron chi connectivity index (χ1n) is 10.9. The molecule has 0 bridgehead atoms. The number of hydrogen-bond acceptors (Lipinski definition) is 6. The maximum atomic E-state index is 12.6. The lowest BCUT2D eigenvalue weighted by atomic mass is 10.1. The van der Waals surface area contributed by atoms with Crippen molar-refractivity contribution in [2.45, 2.75) is 25.5 Å². The first-order chi connectivity index (χ1) is 16.9. The third-order valence-corrected chi connectivity index (χ3v) is 6.34. The smallest absolute Gasteiger partial charge is 0.234 e. The fourth-order valence-electron chi connectivity index (χ4n) is 3.36. The zero-order valence-corrected chi connectivity index (χ0v) is 20.9. The minimum atomic E-state index is -0.178. The minimum absolute atomic E-state index is 0.0190. The quantitative estimate of drug-likeness (QED) is 0.221. The predicted octanol–water partition coefficient (Wildman–Crippen LogP) is 5.77. The maximum absolute atomic E-state index is 12.6. The number of benzene rings is 3. The van der Waals surface area contributed by atoms with E-state index in [4.69, 9.17) is 11.6 Å². The Bertz CT molecular complexity index is 1340. The fraction of sp³-hybridized carbons (Fsp3) is 0.154. The van der Waals surface area contributed by atoms with Crippen molar-refractivity contribution in [3.63, 3.8) is 0 Å². The van der Waals surface area contributed by atoms with Gasteiger partial charge in [0.05, 0.1) is 12.3 Å². The number of rotatable bonds is 9. The summed E-state index contributed by atoms with van der Waals surface area (Å²) in [5.41, 5.74) is 4.16. The molecule has 0 unspecified atom stereocenters. The van der Waals surface area contributed by atoms with Gasteiger partial charge in [0.1, 0.15) is 0 Å². The molecule has 4 aromatic rings. The maximum Gasteiger partial charge on any atom is 0.234 e. The third kappa shape index (κ3) is 6.49. The van der Waals surface area contributed by atoms with Crippen molar-refractivity contribution < 1.29 is 9.59 Å². The van der Waals surface area contributed by atoms with Crippen LogP contribution in [0.25, 0.3) is 5.69 Å². The van der Waals surface area contributed by atoms with Crippen molar-refractivity contribution in [1.82, 2.24) is 14.8 Å². The van der Waals surface area contributed by atoms with Gasteiger partial charge >= 0.3 is 0 Å². The number of ketones is 1. The summed E-state index contributed by atoms with van der Waals surface area (Å²) in [6.07, 6.45) is 0. The Hall–Kier alpha value is -3.62. The molecule has 0 atom stereocenters. The molecule has 9 heteroatoms. The van der Waals surface area contributed by atoms with Crippen LogP contribution in [0.3, 0.4) is 0 Å². The van der Waals surface area contributed by atoms with E-state index < -0.39 is 0 Å². The fourth-order valence-corrected chi connectivity index (χ4v) is 4.32. The van der Waals surface area contributed by atoms with Gasteiger partial charge in [0.15, 0.2) is 16.8 Å². The van der Waals surface area contributed by atoms with Crippen molar-refractivity contribution in [2.24, 2.45) is 0 Å². The molecule has 0 fully saturated rings. The van der Waals surface area contributed by atoms with Crippen LogP contribution in [0.15, 0.2) is 78.0 Å². The summed E-state index contributed by atoms with van der Waals surface area (Å²) >= 11 is 7.39. The SMILES string of the molecule is CC(=O)c1ccc(NC(=O)CSc2nnc(CNc3cccc(Cl)c3)n2-c2ccc(C)cc2)cc1. The minimum Gasteiger partial charge on any atom is -0.378 e. The highest BCUT2D eigenvalue weighted by atomic mass is 35.5. The number of halogens is 1. The number of carbonyl (C=O) groups excluding carboxylic acids is 2. The van der Waals surface area contributed by atoms with Crippen LogP contribution in [-0.4, -0.2) is 32.2 Å². The number of Topliss-reactive ketones (excluding diaryl/α,β-unsaturated/α-hetero) is 1. The van der Waals surface area contributed by atoms with E-state index in [-0.39, 0.29) is 17.4 Å². The summed E-state index contributed by atoms with van der Waals surface area (Å²) < 4.78 is 1.94. The second kappa shape index (κ2) is 11.2. The number of thioether (sulfide) groups is 1. The summed E-state index contributed by atoms with van der Waals surface area (Å²) in [4.78, 5) is 24.0. The molecule has 4 rings (SSSR count). The lowest BCUT2D eigenvalue weighted by molar-refractivity contribution is -0.113. The van der Waals surface area contributed by atoms with Crippen LogP contribution in [0.4, 0.5) is 11.4 Å². The van der Waals surface area contributed by atoms with E-state index in [0.717, 1.165) is 16.9 Å². The average Bonchev–Trinajstić information content (AvgIpc) is 3.25. The van der Waals surface area contributed by atoms with Crippen LogP contribution in [0.5, 0.6) is 0 Å². The summed E-state index contributed by atoms with van der Waals surface area (Å²) in [5, 5.41) is 16.2. The summed E-state index contributed by atoms with van der Waals surface area (Å²) in [6, 6.07) is 22.3. The molecule has 35 heavy (non-hydrogen) atoms. The Balaban J connectivity index is 1.48. The summed E-state index contributed by atoms with van der Waals surface area (Å²) in [7, 11) is 0. The summed E-state index contributed by atoms with van der Waals surface area (Å²) in [5.74, 6) is 0.661. The van der Waals surface area contributed by atoms with Crippen molar-refractivity contribution >= 4 is 46.4 Å². The van der Waals surface area contributed by atoms with E-state index in [2.05, 4.69) is 20.8 Å². The van der Waals surface area contributed by atoms with Crippen LogP contribution < -0.4 is 10.6 Å². The van der Waals surface area contributed by atoms with Gasteiger partial charge in [-0.25, -0.2) is 0 Å². The monoisotopic (exact) mass is 505 g/mol. The van der Waals surface area contributed by atoms with Gasteiger partial charge in [0.25, 0.3) is 0 Å². The Morgan fingerprint density at radius 2 is 1.71 bits per heavy atom. The Labute approximate surface area is 212 Å². The zero-order chi connectivity index (χ0) is 24.8. The Morgan fingerprint density at radius 3 is 2.40 bits per heavy atom. The van der Waals surface area contributed by atoms with Crippen LogP contribution >= 0.6 is 23.4 Å². The second-order valence-electron chi connectivity index (χ2n) is 7.90. The van der Waals surface area contributed by atoms with Gasteiger partial charge < -0.3 is 10.6 Å². The molecule has 0 aliphatic rings. The molecule has 7 nitrogen and oxygen atoms in total. The Morgan fingerprint density at radius 1 is 0.971 bits per heavy atom. The number of anilines is 2. The molecule has 1 amide bonds. The molecule has 0 aliphatic carbocycles. The van der Waals surface area contributed by atoms with Gasteiger partial charge in [-0.2, -0.15) is 0 Å². The van der Waals surface area contributed by atoms with E-state index in [1.807, 2.05) is 60.0 Å². The average molecular weight is 506 g/mol. The van der Waals surface area contributed by atoms with Crippen LogP contribution in [-0.2, 0) is 11.3 Å². The molecule has 0 saturated heterocycles.